The van der Waals surface area contributed by atoms with Crippen molar-refractivity contribution in [1.82, 2.24) is 5.32 Å². The molecule has 0 bridgehead atoms. The molecule has 19 heavy (non-hydrogen) atoms. The minimum Gasteiger partial charge on any atom is -0.379 e. The molecule has 3 N–H and O–H groups in total. The van der Waals surface area contributed by atoms with Crippen LogP contribution in [0.25, 0.3) is 0 Å². The quantitative estimate of drug-likeness (QED) is 0.788. The van der Waals surface area contributed by atoms with Gasteiger partial charge in [0.25, 0.3) is 0 Å². The smallest absolute Gasteiger partial charge is 0.223 e. The third-order valence-corrected chi connectivity index (χ3v) is 4.04. The predicted octanol–water partition coefficient (Wildman–Crippen LogP) is 2.10. The molecule has 0 aromatic rings. The standard InChI is InChI=1S/C14H28N2O2.ClH/c1-10(8-14(2,3)18-4)16-13(17)12-7-5-6-11(12)9-15;/h10-12H,5-9,15H2,1-4H3,(H,16,17);1H/t10?,11-,12-;/m1./s1. The zero-order chi connectivity index (χ0) is 13.8. The normalized spacial score (nSPS) is 24.7. The number of carbonyl (C=O) groups is 1. The molecule has 0 radical (unpaired) electrons. The van der Waals surface area contributed by atoms with Gasteiger partial charge in [-0.25, -0.2) is 0 Å². The van der Waals surface area contributed by atoms with E-state index in [-0.39, 0.29) is 35.9 Å². The van der Waals surface area contributed by atoms with Gasteiger partial charge < -0.3 is 15.8 Å². The Morgan fingerprint density at radius 3 is 2.63 bits per heavy atom. The minimum atomic E-state index is -0.199. The Kier molecular flexibility index (Phi) is 7.94. The van der Waals surface area contributed by atoms with Gasteiger partial charge in [-0.05, 0) is 52.5 Å². The summed E-state index contributed by atoms with van der Waals surface area (Å²) in [5.74, 6) is 0.651. The van der Waals surface area contributed by atoms with Crippen LogP contribution in [0.2, 0.25) is 0 Å². The maximum absolute atomic E-state index is 12.2. The third-order valence-electron chi connectivity index (χ3n) is 4.04. The van der Waals surface area contributed by atoms with Crippen LogP contribution in [-0.2, 0) is 9.53 Å². The van der Waals surface area contributed by atoms with Gasteiger partial charge in [0, 0.05) is 19.1 Å². The molecule has 1 aliphatic carbocycles. The third kappa shape index (κ3) is 5.67. The second-order valence-electron chi connectivity index (χ2n) is 6.11. The molecule has 0 spiro atoms. The van der Waals surface area contributed by atoms with Crippen molar-refractivity contribution in [2.45, 2.75) is 58.1 Å². The van der Waals surface area contributed by atoms with Gasteiger partial charge in [0.1, 0.15) is 0 Å². The first-order chi connectivity index (χ1) is 8.39. The summed E-state index contributed by atoms with van der Waals surface area (Å²) < 4.78 is 5.39. The summed E-state index contributed by atoms with van der Waals surface area (Å²) in [5.41, 5.74) is 5.52. The minimum absolute atomic E-state index is 0. The Morgan fingerprint density at radius 2 is 2.11 bits per heavy atom. The van der Waals surface area contributed by atoms with E-state index >= 15 is 0 Å². The van der Waals surface area contributed by atoms with Crippen molar-refractivity contribution < 1.29 is 9.53 Å². The summed E-state index contributed by atoms with van der Waals surface area (Å²) in [7, 11) is 1.70. The van der Waals surface area contributed by atoms with Crippen molar-refractivity contribution in [2.75, 3.05) is 13.7 Å². The molecule has 1 amide bonds. The summed E-state index contributed by atoms with van der Waals surface area (Å²) in [4.78, 5) is 12.2. The average molecular weight is 293 g/mol. The maximum atomic E-state index is 12.2. The zero-order valence-electron chi connectivity index (χ0n) is 12.6. The fraction of sp³-hybridized carbons (Fsp3) is 0.929. The van der Waals surface area contributed by atoms with E-state index in [1.165, 1.54) is 0 Å². The van der Waals surface area contributed by atoms with Crippen LogP contribution in [0.1, 0.15) is 46.5 Å². The molecule has 0 heterocycles. The van der Waals surface area contributed by atoms with E-state index in [9.17, 15) is 4.79 Å². The molecular formula is C14H29ClN2O2. The molecular weight excluding hydrogens is 264 g/mol. The first-order valence-corrected chi connectivity index (χ1v) is 6.95. The van der Waals surface area contributed by atoms with Crippen molar-refractivity contribution in [3.05, 3.63) is 0 Å². The number of amides is 1. The highest BCUT2D eigenvalue weighted by atomic mass is 35.5. The van der Waals surface area contributed by atoms with Crippen molar-refractivity contribution in [3.63, 3.8) is 0 Å². The Hall–Kier alpha value is -0.320. The van der Waals surface area contributed by atoms with E-state index in [4.69, 9.17) is 10.5 Å². The highest BCUT2D eigenvalue weighted by Crippen LogP contribution is 2.31. The van der Waals surface area contributed by atoms with Crippen LogP contribution in [0.4, 0.5) is 0 Å². The lowest BCUT2D eigenvalue weighted by molar-refractivity contribution is -0.127. The number of methoxy groups -OCH3 is 1. The van der Waals surface area contributed by atoms with E-state index in [0.29, 0.717) is 12.5 Å². The number of ether oxygens (including phenoxy) is 1. The number of hydrogen-bond donors (Lipinski definition) is 2. The van der Waals surface area contributed by atoms with Gasteiger partial charge in [-0.1, -0.05) is 6.42 Å². The van der Waals surface area contributed by atoms with Crippen LogP contribution >= 0.6 is 12.4 Å². The van der Waals surface area contributed by atoms with E-state index < -0.39 is 0 Å². The number of nitrogens with one attached hydrogen (secondary N) is 1. The molecule has 1 fully saturated rings. The molecule has 3 atom stereocenters. The lowest BCUT2D eigenvalue weighted by Gasteiger charge is -2.28. The molecule has 1 unspecified atom stereocenters. The molecule has 0 aromatic heterocycles. The fourth-order valence-corrected chi connectivity index (χ4v) is 2.89. The van der Waals surface area contributed by atoms with Gasteiger partial charge in [0.05, 0.1) is 5.60 Å². The number of halogens is 1. The molecule has 4 nitrogen and oxygen atoms in total. The largest absolute Gasteiger partial charge is 0.379 e. The average Bonchev–Trinajstić information content (AvgIpc) is 2.76. The summed E-state index contributed by atoms with van der Waals surface area (Å²) in [6.07, 6.45) is 4.01. The van der Waals surface area contributed by atoms with Gasteiger partial charge in [0.2, 0.25) is 5.91 Å². The molecule has 114 valence electrons. The second kappa shape index (κ2) is 8.08. The lowest BCUT2D eigenvalue weighted by Crippen LogP contribution is -2.43. The number of nitrogens with two attached hydrogens (primary N) is 1. The summed E-state index contributed by atoms with van der Waals surface area (Å²) in [6, 6.07) is 0.131. The highest BCUT2D eigenvalue weighted by Gasteiger charge is 2.33. The number of rotatable bonds is 6. The first-order valence-electron chi connectivity index (χ1n) is 6.95. The molecule has 1 saturated carbocycles. The molecule has 0 aliphatic heterocycles. The lowest BCUT2D eigenvalue weighted by atomic mass is 9.94. The highest BCUT2D eigenvalue weighted by molar-refractivity contribution is 5.85. The van der Waals surface area contributed by atoms with Crippen molar-refractivity contribution in [2.24, 2.45) is 17.6 Å². The topological polar surface area (TPSA) is 64.3 Å². The summed E-state index contributed by atoms with van der Waals surface area (Å²) >= 11 is 0. The van der Waals surface area contributed by atoms with Gasteiger partial charge in [-0.2, -0.15) is 0 Å². The monoisotopic (exact) mass is 292 g/mol. The predicted molar refractivity (Wildman–Crippen MR) is 80.4 cm³/mol. The van der Waals surface area contributed by atoms with Crippen LogP contribution in [0.3, 0.4) is 0 Å². The van der Waals surface area contributed by atoms with Crippen LogP contribution in [-0.4, -0.2) is 31.2 Å². The van der Waals surface area contributed by atoms with Crippen molar-refractivity contribution >= 4 is 18.3 Å². The van der Waals surface area contributed by atoms with Crippen LogP contribution in [0, 0.1) is 11.8 Å². The Balaban J connectivity index is 0.00000324. The SMILES string of the molecule is COC(C)(C)CC(C)NC(=O)[C@@H]1CCC[C@@H]1CN.Cl. The van der Waals surface area contributed by atoms with Crippen LogP contribution in [0.5, 0.6) is 0 Å². The van der Waals surface area contributed by atoms with Gasteiger partial charge in [-0.3, -0.25) is 4.79 Å². The molecule has 1 rings (SSSR count). The van der Waals surface area contributed by atoms with Gasteiger partial charge in [0.15, 0.2) is 0 Å². The summed E-state index contributed by atoms with van der Waals surface area (Å²) in [6.45, 7) is 6.73. The first kappa shape index (κ1) is 18.7. The van der Waals surface area contributed by atoms with Crippen molar-refractivity contribution in [1.29, 1.82) is 0 Å². The van der Waals surface area contributed by atoms with E-state index in [1.54, 1.807) is 7.11 Å². The van der Waals surface area contributed by atoms with E-state index in [0.717, 1.165) is 25.7 Å². The van der Waals surface area contributed by atoms with E-state index in [1.807, 2.05) is 20.8 Å². The van der Waals surface area contributed by atoms with Crippen molar-refractivity contribution in [3.8, 4) is 0 Å². The molecule has 1 aliphatic rings. The molecule has 5 heteroatoms. The summed E-state index contributed by atoms with van der Waals surface area (Å²) in [5, 5.41) is 3.10. The number of hydrogen-bond acceptors (Lipinski definition) is 3. The molecule has 0 saturated heterocycles. The zero-order valence-corrected chi connectivity index (χ0v) is 13.4. The second-order valence-corrected chi connectivity index (χ2v) is 6.11. The fourth-order valence-electron chi connectivity index (χ4n) is 2.89. The van der Waals surface area contributed by atoms with Crippen LogP contribution < -0.4 is 11.1 Å². The Bertz CT molecular complexity index is 285. The van der Waals surface area contributed by atoms with Crippen LogP contribution in [0.15, 0.2) is 0 Å². The Labute approximate surface area is 123 Å². The maximum Gasteiger partial charge on any atom is 0.223 e. The molecule has 0 aromatic carbocycles. The van der Waals surface area contributed by atoms with Gasteiger partial charge in [-0.15, -0.1) is 12.4 Å². The number of carbonyl (C=O) groups excluding carboxylic acids is 1. The van der Waals surface area contributed by atoms with Gasteiger partial charge >= 0.3 is 0 Å². The van der Waals surface area contributed by atoms with E-state index in [2.05, 4.69) is 5.32 Å². The Morgan fingerprint density at radius 1 is 1.47 bits per heavy atom.